The third-order valence-electron chi connectivity index (χ3n) is 1.18. The van der Waals surface area contributed by atoms with Crippen molar-refractivity contribution < 1.29 is 4.74 Å². The van der Waals surface area contributed by atoms with E-state index in [-0.39, 0.29) is 6.10 Å². The lowest BCUT2D eigenvalue weighted by molar-refractivity contribution is 0.145. The summed E-state index contributed by atoms with van der Waals surface area (Å²) in [4.78, 5) is 0. The van der Waals surface area contributed by atoms with Gasteiger partial charge in [0.25, 0.3) is 0 Å². The first-order valence-corrected chi connectivity index (χ1v) is 2.60. The van der Waals surface area contributed by atoms with Crippen LogP contribution in [0.3, 0.4) is 0 Å². The second-order valence-corrected chi connectivity index (χ2v) is 1.74. The first-order chi connectivity index (χ1) is 3.43. The Morgan fingerprint density at radius 1 is 1.71 bits per heavy atom. The van der Waals surface area contributed by atoms with Crippen LogP contribution in [0.2, 0.25) is 0 Å². The molecule has 1 nitrogen and oxygen atoms in total. The fraction of sp³-hybridized carbons (Fsp3) is 0.667. The summed E-state index contributed by atoms with van der Waals surface area (Å²) in [5.41, 5.74) is 0. The van der Waals surface area contributed by atoms with Crippen molar-refractivity contribution in [2.45, 2.75) is 18.9 Å². The minimum atomic E-state index is 0.250. The molecule has 0 N–H and O–H groups in total. The van der Waals surface area contributed by atoms with Crippen LogP contribution in [0.15, 0.2) is 6.08 Å². The maximum atomic E-state index is 5.18. The summed E-state index contributed by atoms with van der Waals surface area (Å²) < 4.78 is 5.12. The highest BCUT2D eigenvalue weighted by atomic mass is 16.5. The van der Waals surface area contributed by atoms with E-state index < -0.39 is 0 Å². The minimum Gasteiger partial charge on any atom is -0.374 e. The molecule has 1 rings (SSSR count). The smallest absolute Gasteiger partial charge is 0.0759 e. The monoisotopic (exact) mass is 97.1 g/mol. The molecule has 1 radical (unpaired) electrons. The van der Waals surface area contributed by atoms with E-state index in [9.17, 15) is 0 Å². The Morgan fingerprint density at radius 2 is 2.57 bits per heavy atom. The van der Waals surface area contributed by atoms with Gasteiger partial charge in [-0.3, -0.25) is 0 Å². The Balaban J connectivity index is 2.26. The van der Waals surface area contributed by atoms with Gasteiger partial charge in [0.1, 0.15) is 0 Å². The molecule has 7 heavy (non-hydrogen) atoms. The van der Waals surface area contributed by atoms with Crippen LogP contribution in [0.1, 0.15) is 12.8 Å². The van der Waals surface area contributed by atoms with Crippen LogP contribution in [-0.4, -0.2) is 12.7 Å². The van der Waals surface area contributed by atoms with E-state index in [1.54, 1.807) is 6.08 Å². The van der Waals surface area contributed by atoms with Gasteiger partial charge in [0.05, 0.1) is 6.10 Å². The number of rotatable bonds is 1. The Hall–Kier alpha value is -0.300. The molecule has 0 aromatic heterocycles. The number of hydrogen-bond donors (Lipinski definition) is 0. The second kappa shape index (κ2) is 2.12. The second-order valence-electron chi connectivity index (χ2n) is 1.74. The molecule has 0 saturated carbocycles. The van der Waals surface area contributed by atoms with Crippen molar-refractivity contribution in [2.75, 3.05) is 6.61 Å². The van der Waals surface area contributed by atoms with Crippen molar-refractivity contribution in [3.63, 3.8) is 0 Å². The maximum Gasteiger partial charge on any atom is 0.0759 e. The average molecular weight is 97.1 g/mol. The molecule has 0 bridgehead atoms. The maximum absolute atomic E-state index is 5.18. The van der Waals surface area contributed by atoms with Gasteiger partial charge in [-0.25, -0.2) is 0 Å². The number of ether oxygens (including phenoxy) is 1. The van der Waals surface area contributed by atoms with Crippen molar-refractivity contribution in [3.8, 4) is 0 Å². The Bertz CT molecular complexity index is 62.6. The molecule has 0 spiro atoms. The van der Waals surface area contributed by atoms with Gasteiger partial charge >= 0.3 is 0 Å². The Kier molecular flexibility index (Phi) is 1.47. The normalized spacial score (nSPS) is 30.6. The van der Waals surface area contributed by atoms with Crippen LogP contribution < -0.4 is 0 Å². The molecule has 1 unspecified atom stereocenters. The van der Waals surface area contributed by atoms with E-state index in [0.717, 1.165) is 13.0 Å². The Labute approximate surface area is 44.0 Å². The molecule has 1 aliphatic rings. The third-order valence-corrected chi connectivity index (χ3v) is 1.18. The molecule has 1 fully saturated rings. The molecule has 1 atom stereocenters. The fourth-order valence-corrected chi connectivity index (χ4v) is 0.754. The number of hydrogen-bond acceptors (Lipinski definition) is 1. The third kappa shape index (κ3) is 1.03. The van der Waals surface area contributed by atoms with Crippen molar-refractivity contribution in [3.05, 3.63) is 12.7 Å². The summed E-state index contributed by atoms with van der Waals surface area (Å²) in [6.45, 7) is 6.07. The molecule has 0 amide bonds. The fourth-order valence-electron chi connectivity index (χ4n) is 0.754. The summed E-state index contributed by atoms with van der Waals surface area (Å²) in [7, 11) is 0. The minimum absolute atomic E-state index is 0.250. The molecule has 0 aromatic carbocycles. The summed E-state index contributed by atoms with van der Waals surface area (Å²) in [5.74, 6) is 0. The highest BCUT2D eigenvalue weighted by Gasteiger charge is 2.09. The van der Waals surface area contributed by atoms with E-state index in [2.05, 4.69) is 0 Å². The van der Waals surface area contributed by atoms with Crippen LogP contribution >= 0.6 is 0 Å². The topological polar surface area (TPSA) is 9.23 Å². The van der Waals surface area contributed by atoms with E-state index in [4.69, 9.17) is 11.3 Å². The van der Waals surface area contributed by atoms with Gasteiger partial charge in [-0.15, -0.1) is 0 Å². The lowest BCUT2D eigenvalue weighted by Crippen LogP contribution is -1.97. The van der Waals surface area contributed by atoms with Crippen molar-refractivity contribution in [1.29, 1.82) is 0 Å². The zero-order valence-electron chi connectivity index (χ0n) is 4.26. The molecule has 0 aliphatic carbocycles. The molecule has 1 saturated heterocycles. The summed E-state index contributed by atoms with van der Waals surface area (Å²) in [5, 5.41) is 0. The van der Waals surface area contributed by atoms with E-state index in [0.29, 0.717) is 0 Å². The molecular formula is C6H9O. The quantitative estimate of drug-likeness (QED) is 0.477. The van der Waals surface area contributed by atoms with Crippen molar-refractivity contribution in [2.24, 2.45) is 0 Å². The Morgan fingerprint density at radius 3 is 2.86 bits per heavy atom. The highest BCUT2D eigenvalue weighted by Crippen LogP contribution is 2.11. The van der Waals surface area contributed by atoms with Crippen LogP contribution in [0.25, 0.3) is 0 Å². The highest BCUT2D eigenvalue weighted by molar-refractivity contribution is 4.80. The van der Waals surface area contributed by atoms with E-state index in [1.165, 1.54) is 6.42 Å². The van der Waals surface area contributed by atoms with Crippen LogP contribution in [0.5, 0.6) is 0 Å². The first kappa shape index (κ1) is 4.85. The summed E-state index contributed by atoms with van der Waals surface area (Å²) in [6, 6.07) is 0. The lowest BCUT2D eigenvalue weighted by Gasteiger charge is -1.96. The van der Waals surface area contributed by atoms with Gasteiger partial charge in [0.15, 0.2) is 0 Å². The first-order valence-electron chi connectivity index (χ1n) is 2.60. The van der Waals surface area contributed by atoms with Gasteiger partial charge in [-0.1, -0.05) is 12.7 Å². The van der Waals surface area contributed by atoms with Gasteiger partial charge < -0.3 is 4.74 Å². The zero-order valence-corrected chi connectivity index (χ0v) is 4.26. The van der Waals surface area contributed by atoms with Gasteiger partial charge in [0, 0.05) is 6.61 Å². The van der Waals surface area contributed by atoms with E-state index >= 15 is 0 Å². The molecule has 1 heterocycles. The van der Waals surface area contributed by atoms with Gasteiger partial charge in [0.2, 0.25) is 0 Å². The predicted molar refractivity (Wildman–Crippen MR) is 27.8 cm³/mol. The average Bonchev–Trinajstić information content (AvgIpc) is 2.14. The molecule has 0 aromatic rings. The molecule has 1 aliphatic heterocycles. The SMILES string of the molecule is [CH]=CC1CCCO1. The molecular weight excluding hydrogens is 88.1 g/mol. The zero-order chi connectivity index (χ0) is 5.11. The molecule has 1 heteroatoms. The largest absolute Gasteiger partial charge is 0.374 e. The van der Waals surface area contributed by atoms with Crippen LogP contribution in [-0.2, 0) is 4.74 Å². The van der Waals surface area contributed by atoms with Gasteiger partial charge in [-0.05, 0) is 12.8 Å². The summed E-state index contributed by atoms with van der Waals surface area (Å²) in [6.07, 6.45) is 4.14. The summed E-state index contributed by atoms with van der Waals surface area (Å²) >= 11 is 0. The van der Waals surface area contributed by atoms with Crippen LogP contribution in [0, 0.1) is 6.58 Å². The van der Waals surface area contributed by atoms with Gasteiger partial charge in [-0.2, -0.15) is 0 Å². The lowest BCUT2D eigenvalue weighted by atomic mass is 10.2. The van der Waals surface area contributed by atoms with E-state index in [1.807, 2.05) is 0 Å². The van der Waals surface area contributed by atoms with Crippen molar-refractivity contribution >= 4 is 0 Å². The predicted octanol–water partition coefficient (Wildman–Crippen LogP) is 1.15. The van der Waals surface area contributed by atoms with Crippen molar-refractivity contribution in [1.82, 2.24) is 0 Å². The standard InChI is InChI=1S/C6H9O/c1-2-6-4-3-5-7-6/h1-2,6H,3-5H2. The van der Waals surface area contributed by atoms with Crippen LogP contribution in [0.4, 0.5) is 0 Å². The molecule has 39 valence electrons.